The Kier molecular flexibility index (Phi) is 6.90. The second-order valence-electron chi connectivity index (χ2n) is 10.4. The number of quaternary nitrogens is 1. The van der Waals surface area contributed by atoms with Crippen LogP contribution in [0.1, 0.15) is 30.1 Å². The summed E-state index contributed by atoms with van der Waals surface area (Å²) in [5, 5.41) is 15.5. The number of nitrogens with zero attached hydrogens (tertiary/aromatic N) is 2. The fourth-order valence-electron chi connectivity index (χ4n) is 6.82. The zero-order valence-corrected chi connectivity index (χ0v) is 22.3. The summed E-state index contributed by atoms with van der Waals surface area (Å²) in [4.78, 5) is 4.55. The SMILES string of the molecule is C=CC1C[N+]2(Cc3ccc4ccccc4c3)CCC1CC2[C@H](O)c1ccnc2ccc(OC)cc12.[Br-]. The minimum absolute atomic E-state index is 0. The van der Waals surface area contributed by atoms with Gasteiger partial charge >= 0.3 is 0 Å². The molecule has 1 N–H and O–H groups in total. The summed E-state index contributed by atoms with van der Waals surface area (Å²) in [6.07, 6.45) is 5.62. The lowest BCUT2D eigenvalue weighted by Crippen LogP contribution is -3.00. The van der Waals surface area contributed by atoms with Crippen molar-refractivity contribution in [3.05, 3.63) is 96.7 Å². The largest absolute Gasteiger partial charge is 1.00 e. The number of rotatable bonds is 6. The van der Waals surface area contributed by atoms with Crippen molar-refractivity contribution in [2.75, 3.05) is 20.2 Å². The minimum atomic E-state index is -0.568. The second-order valence-corrected chi connectivity index (χ2v) is 10.4. The first-order valence-corrected chi connectivity index (χ1v) is 12.7. The second kappa shape index (κ2) is 9.97. The summed E-state index contributed by atoms with van der Waals surface area (Å²) in [6.45, 7) is 7.23. The number of pyridine rings is 1. The fourth-order valence-corrected chi connectivity index (χ4v) is 6.82. The predicted octanol–water partition coefficient (Wildman–Crippen LogP) is 3.05. The molecule has 1 aromatic heterocycles. The molecule has 4 unspecified atom stereocenters. The number of halogens is 1. The van der Waals surface area contributed by atoms with Gasteiger partial charge in [0.05, 0.1) is 25.7 Å². The molecule has 2 bridgehead atoms. The molecule has 5 atom stereocenters. The summed E-state index contributed by atoms with van der Waals surface area (Å²) in [7, 11) is 1.68. The molecule has 0 spiro atoms. The first-order valence-electron chi connectivity index (χ1n) is 12.7. The molecule has 4 heterocycles. The molecule has 5 heteroatoms. The van der Waals surface area contributed by atoms with Crippen molar-refractivity contribution in [3.63, 3.8) is 0 Å². The van der Waals surface area contributed by atoms with E-state index in [4.69, 9.17) is 4.74 Å². The smallest absolute Gasteiger partial charge is 0.131 e. The van der Waals surface area contributed by atoms with Gasteiger partial charge in [-0.25, -0.2) is 0 Å². The van der Waals surface area contributed by atoms with Crippen LogP contribution in [-0.2, 0) is 6.54 Å². The Balaban J connectivity index is 0.00000267. The van der Waals surface area contributed by atoms with Crippen LogP contribution in [0.2, 0.25) is 0 Å². The van der Waals surface area contributed by atoms with E-state index in [0.29, 0.717) is 11.8 Å². The molecular weight excluding hydrogens is 512 g/mol. The van der Waals surface area contributed by atoms with E-state index in [0.717, 1.165) is 52.8 Å². The lowest BCUT2D eigenvalue weighted by Gasteiger charge is -2.58. The number of aliphatic hydroxyl groups excluding tert-OH is 1. The van der Waals surface area contributed by atoms with Crippen molar-refractivity contribution in [1.29, 1.82) is 0 Å². The first-order chi connectivity index (χ1) is 17.1. The molecule has 3 aliphatic heterocycles. The summed E-state index contributed by atoms with van der Waals surface area (Å²) in [5.41, 5.74) is 3.19. The molecule has 4 aromatic rings. The molecule has 3 fully saturated rings. The average Bonchev–Trinajstić information content (AvgIpc) is 2.91. The van der Waals surface area contributed by atoms with Crippen molar-refractivity contribution < 1.29 is 31.3 Å². The van der Waals surface area contributed by atoms with E-state index in [1.807, 2.05) is 30.5 Å². The van der Waals surface area contributed by atoms with Gasteiger partial charge in [0.25, 0.3) is 0 Å². The van der Waals surface area contributed by atoms with Crippen LogP contribution in [0.4, 0.5) is 0 Å². The van der Waals surface area contributed by atoms with Crippen molar-refractivity contribution in [2.45, 2.75) is 31.5 Å². The summed E-state index contributed by atoms with van der Waals surface area (Å²) in [5.74, 6) is 1.88. The molecule has 7 rings (SSSR count). The molecule has 0 amide bonds. The molecule has 36 heavy (non-hydrogen) atoms. The molecule has 3 aromatic carbocycles. The van der Waals surface area contributed by atoms with E-state index in [-0.39, 0.29) is 23.0 Å². The average molecular weight is 546 g/mol. The molecule has 0 saturated carbocycles. The van der Waals surface area contributed by atoms with Gasteiger partial charge < -0.3 is 31.3 Å². The number of aromatic nitrogens is 1. The third-order valence-corrected chi connectivity index (χ3v) is 8.65. The lowest BCUT2D eigenvalue weighted by atomic mass is 9.71. The molecule has 4 nitrogen and oxygen atoms in total. The Morgan fingerprint density at radius 1 is 1.11 bits per heavy atom. The Morgan fingerprint density at radius 3 is 2.75 bits per heavy atom. The van der Waals surface area contributed by atoms with Gasteiger partial charge in [0, 0.05) is 35.9 Å². The molecule has 0 radical (unpaired) electrons. The monoisotopic (exact) mass is 544 g/mol. The quantitative estimate of drug-likeness (QED) is 0.299. The first kappa shape index (κ1) is 24.9. The van der Waals surface area contributed by atoms with E-state index in [1.54, 1.807) is 7.11 Å². The Bertz CT molecular complexity index is 1410. The lowest BCUT2D eigenvalue weighted by molar-refractivity contribution is -0.984. The number of benzene rings is 3. The fraction of sp³-hybridized carbons (Fsp3) is 0.323. The Hall–Kier alpha value is -2.73. The van der Waals surface area contributed by atoms with Gasteiger partial charge in [0.1, 0.15) is 24.4 Å². The van der Waals surface area contributed by atoms with Crippen molar-refractivity contribution >= 4 is 21.7 Å². The summed E-state index contributed by atoms with van der Waals surface area (Å²) >= 11 is 0. The zero-order valence-electron chi connectivity index (χ0n) is 20.7. The van der Waals surface area contributed by atoms with Crippen LogP contribution in [0.3, 0.4) is 0 Å². The van der Waals surface area contributed by atoms with Crippen LogP contribution in [0, 0.1) is 11.8 Å². The highest BCUT2D eigenvalue weighted by atomic mass is 79.9. The minimum Gasteiger partial charge on any atom is -1.00 e. The maximum Gasteiger partial charge on any atom is 0.131 e. The molecular formula is C31H33BrN2O2. The number of piperidine rings is 3. The van der Waals surface area contributed by atoms with Crippen LogP contribution < -0.4 is 21.7 Å². The summed E-state index contributed by atoms with van der Waals surface area (Å²) in [6, 6.07) is 23.4. The van der Waals surface area contributed by atoms with Gasteiger partial charge in [-0.1, -0.05) is 42.5 Å². The van der Waals surface area contributed by atoms with Crippen LogP contribution in [-0.4, -0.2) is 40.8 Å². The van der Waals surface area contributed by atoms with Gasteiger partial charge in [-0.2, -0.15) is 0 Å². The van der Waals surface area contributed by atoms with Gasteiger partial charge in [-0.05, 0) is 52.6 Å². The third kappa shape index (κ3) is 4.23. The molecule has 3 aliphatic rings. The van der Waals surface area contributed by atoms with Crippen LogP contribution in [0.25, 0.3) is 21.7 Å². The normalized spacial score (nSPS) is 25.9. The van der Waals surface area contributed by atoms with E-state index < -0.39 is 6.10 Å². The highest BCUT2D eigenvalue weighted by Crippen LogP contribution is 2.48. The van der Waals surface area contributed by atoms with Gasteiger partial charge in [-0.15, -0.1) is 6.58 Å². The maximum atomic E-state index is 12.0. The predicted molar refractivity (Wildman–Crippen MR) is 141 cm³/mol. The zero-order chi connectivity index (χ0) is 24.0. The van der Waals surface area contributed by atoms with Gasteiger partial charge in [0.2, 0.25) is 0 Å². The third-order valence-electron chi connectivity index (χ3n) is 8.65. The van der Waals surface area contributed by atoms with Gasteiger partial charge in [0.15, 0.2) is 0 Å². The topological polar surface area (TPSA) is 42.4 Å². The number of fused-ring (bicyclic) bond motifs is 5. The summed E-state index contributed by atoms with van der Waals surface area (Å²) < 4.78 is 6.39. The highest BCUT2D eigenvalue weighted by Gasteiger charge is 2.54. The van der Waals surface area contributed by atoms with E-state index in [2.05, 4.69) is 60.1 Å². The standard InChI is InChI=1S/C31H33N2O2.BrH/c1-3-22-20-33(19-21-8-9-23-6-4-5-7-24(23)16-21)15-13-25(22)17-30(33)31(34)27-12-14-32-29-11-10-26(35-2)18-28(27)29;/h3-12,14,16,18,22,25,30-31,34H,1,13,15,17,19-20H2,2H3;1H/q+1;/p-1/t22?,25?,30?,31-,33?;/m1./s1. The van der Waals surface area contributed by atoms with Crippen LogP contribution >= 0.6 is 0 Å². The van der Waals surface area contributed by atoms with Crippen molar-refractivity contribution in [3.8, 4) is 5.75 Å². The highest BCUT2D eigenvalue weighted by molar-refractivity contribution is 5.84. The van der Waals surface area contributed by atoms with Crippen molar-refractivity contribution in [1.82, 2.24) is 4.98 Å². The van der Waals surface area contributed by atoms with Gasteiger partial charge in [-0.3, -0.25) is 4.98 Å². The van der Waals surface area contributed by atoms with Crippen LogP contribution in [0.15, 0.2) is 85.6 Å². The molecule has 0 aliphatic carbocycles. The number of ether oxygens (including phenoxy) is 1. The Morgan fingerprint density at radius 2 is 1.94 bits per heavy atom. The number of methoxy groups -OCH3 is 1. The maximum absolute atomic E-state index is 12.0. The molecule has 3 saturated heterocycles. The number of aliphatic hydroxyl groups is 1. The number of hydrogen-bond donors (Lipinski definition) is 1. The van der Waals surface area contributed by atoms with E-state index in [9.17, 15) is 5.11 Å². The van der Waals surface area contributed by atoms with Crippen molar-refractivity contribution in [2.24, 2.45) is 11.8 Å². The van der Waals surface area contributed by atoms with Crippen LogP contribution in [0.5, 0.6) is 5.75 Å². The Labute approximate surface area is 223 Å². The van der Waals surface area contributed by atoms with E-state index in [1.165, 1.54) is 22.8 Å². The van der Waals surface area contributed by atoms with E-state index >= 15 is 0 Å². The molecule has 186 valence electrons. The number of hydrogen-bond acceptors (Lipinski definition) is 3.